The Morgan fingerprint density at radius 3 is 2.29 bits per heavy atom. The van der Waals surface area contributed by atoms with E-state index < -0.39 is 10.0 Å². The Labute approximate surface area is 185 Å². The highest BCUT2D eigenvalue weighted by Crippen LogP contribution is 2.28. The maximum Gasteiger partial charge on any atom is 0.243 e. The van der Waals surface area contributed by atoms with Gasteiger partial charge in [0.25, 0.3) is 0 Å². The van der Waals surface area contributed by atoms with E-state index in [1.165, 1.54) is 4.31 Å². The van der Waals surface area contributed by atoms with Gasteiger partial charge in [-0.05, 0) is 49.7 Å². The maximum atomic E-state index is 12.9. The molecule has 0 atom stereocenters. The highest BCUT2D eigenvalue weighted by atomic mass is 32.2. The molecule has 0 aliphatic carbocycles. The Balaban J connectivity index is 2.23. The molecule has 0 spiro atoms. The fourth-order valence-electron chi connectivity index (χ4n) is 3.18. The van der Waals surface area contributed by atoms with Crippen molar-refractivity contribution in [3.8, 4) is 5.75 Å². The second-order valence-electron chi connectivity index (χ2n) is 6.93. The summed E-state index contributed by atoms with van der Waals surface area (Å²) in [7, 11) is -2.06. The van der Waals surface area contributed by atoms with Crippen molar-refractivity contribution in [3.05, 3.63) is 42.0 Å². The summed E-state index contributed by atoms with van der Waals surface area (Å²) in [6.07, 6.45) is 0. The molecule has 0 unspecified atom stereocenters. The van der Waals surface area contributed by atoms with Gasteiger partial charge in [-0.15, -0.1) is 0 Å². The fraction of sp³-hybridized carbons (Fsp3) is 0.409. The van der Waals surface area contributed by atoms with Crippen molar-refractivity contribution in [2.75, 3.05) is 49.2 Å². The molecule has 2 aromatic rings. The summed E-state index contributed by atoms with van der Waals surface area (Å²) < 4.78 is 32.5. The van der Waals surface area contributed by atoms with Crippen molar-refractivity contribution in [2.45, 2.75) is 32.6 Å². The topological polar surface area (TPSA) is 99.8 Å². The molecule has 0 saturated carbocycles. The summed E-state index contributed by atoms with van der Waals surface area (Å²) >= 11 is 0. The van der Waals surface area contributed by atoms with Crippen LogP contribution in [0.5, 0.6) is 5.75 Å². The van der Waals surface area contributed by atoms with Gasteiger partial charge in [0.2, 0.25) is 15.9 Å². The quantitative estimate of drug-likeness (QED) is 0.486. The van der Waals surface area contributed by atoms with Crippen molar-refractivity contribution in [2.24, 2.45) is 0 Å². The molecule has 8 nitrogen and oxygen atoms in total. The van der Waals surface area contributed by atoms with Crippen LogP contribution in [-0.2, 0) is 14.8 Å². The fourth-order valence-corrected chi connectivity index (χ4v) is 4.66. The molecule has 0 aromatic heterocycles. The van der Waals surface area contributed by atoms with Crippen LogP contribution in [0.3, 0.4) is 0 Å². The van der Waals surface area contributed by atoms with Crippen LogP contribution < -0.4 is 20.7 Å². The van der Waals surface area contributed by atoms with E-state index in [4.69, 9.17) is 4.74 Å². The normalized spacial score (nSPS) is 11.3. The molecule has 170 valence electrons. The van der Waals surface area contributed by atoms with E-state index in [1.54, 1.807) is 45.2 Å². The minimum atomic E-state index is -3.61. The molecule has 0 aliphatic heterocycles. The third-order valence-electron chi connectivity index (χ3n) is 4.77. The van der Waals surface area contributed by atoms with Crippen LogP contribution in [0.15, 0.2) is 41.3 Å². The van der Waals surface area contributed by atoms with Crippen LogP contribution >= 0.6 is 0 Å². The number of hydrogen-bond donors (Lipinski definition) is 3. The molecule has 31 heavy (non-hydrogen) atoms. The van der Waals surface area contributed by atoms with Gasteiger partial charge < -0.3 is 20.7 Å². The lowest BCUT2D eigenvalue weighted by molar-refractivity contribution is -0.114. The molecule has 0 heterocycles. The second-order valence-corrected chi connectivity index (χ2v) is 8.87. The van der Waals surface area contributed by atoms with Gasteiger partial charge in [0.15, 0.2) is 0 Å². The van der Waals surface area contributed by atoms with Crippen LogP contribution in [0.2, 0.25) is 0 Å². The Kier molecular flexibility index (Phi) is 8.70. The number of nitrogens with zero attached hydrogens (tertiary/aromatic N) is 1. The minimum absolute atomic E-state index is 0.0374. The molecular weight excluding hydrogens is 416 g/mol. The Bertz CT molecular complexity index is 1000. The van der Waals surface area contributed by atoms with Gasteiger partial charge in [-0.2, -0.15) is 4.31 Å². The first-order valence-corrected chi connectivity index (χ1v) is 11.8. The summed E-state index contributed by atoms with van der Waals surface area (Å²) in [6.45, 7) is 8.87. The summed E-state index contributed by atoms with van der Waals surface area (Å²) in [4.78, 5) is 12.7. The average Bonchev–Trinajstić information content (AvgIpc) is 2.74. The van der Waals surface area contributed by atoms with Gasteiger partial charge in [0.05, 0.1) is 35.6 Å². The molecule has 2 aromatic carbocycles. The van der Waals surface area contributed by atoms with E-state index >= 15 is 0 Å². The predicted molar refractivity (Wildman–Crippen MR) is 126 cm³/mol. The van der Waals surface area contributed by atoms with E-state index in [0.717, 1.165) is 11.3 Å². The number of amides is 1. The van der Waals surface area contributed by atoms with Crippen molar-refractivity contribution < 1.29 is 17.9 Å². The van der Waals surface area contributed by atoms with Crippen LogP contribution in [0.4, 0.5) is 17.1 Å². The number of hydrogen-bond acceptors (Lipinski definition) is 6. The van der Waals surface area contributed by atoms with Crippen molar-refractivity contribution in [1.29, 1.82) is 0 Å². The second kappa shape index (κ2) is 11.0. The van der Waals surface area contributed by atoms with E-state index in [1.807, 2.05) is 26.0 Å². The zero-order valence-corrected chi connectivity index (χ0v) is 19.6. The lowest BCUT2D eigenvalue weighted by Gasteiger charge is -2.20. The van der Waals surface area contributed by atoms with Crippen molar-refractivity contribution in [1.82, 2.24) is 4.31 Å². The third kappa shape index (κ3) is 6.11. The van der Waals surface area contributed by atoms with E-state index in [0.29, 0.717) is 36.8 Å². The predicted octanol–water partition coefficient (Wildman–Crippen LogP) is 3.52. The van der Waals surface area contributed by atoms with Gasteiger partial charge in [0.1, 0.15) is 5.75 Å². The molecule has 1 amide bonds. The molecular formula is C22H32N4O4S. The molecule has 0 bridgehead atoms. The van der Waals surface area contributed by atoms with Gasteiger partial charge in [-0.1, -0.05) is 19.9 Å². The third-order valence-corrected chi connectivity index (χ3v) is 6.82. The van der Waals surface area contributed by atoms with Crippen LogP contribution in [0, 0.1) is 6.92 Å². The highest BCUT2D eigenvalue weighted by Gasteiger charge is 2.22. The summed E-state index contributed by atoms with van der Waals surface area (Å²) in [6, 6.07) is 10.4. The number of carbonyl (C=O) groups excluding carboxylic acids is 1. The zero-order valence-electron chi connectivity index (χ0n) is 18.8. The number of methoxy groups -OCH3 is 1. The van der Waals surface area contributed by atoms with Gasteiger partial charge in [0, 0.05) is 19.6 Å². The lowest BCUT2D eigenvalue weighted by atomic mass is 10.2. The summed E-state index contributed by atoms with van der Waals surface area (Å²) in [5.41, 5.74) is 2.84. The largest absolute Gasteiger partial charge is 0.495 e. The first kappa shape index (κ1) is 24.5. The summed E-state index contributed by atoms with van der Waals surface area (Å²) in [5, 5.41) is 9.08. The maximum absolute atomic E-state index is 12.9. The van der Waals surface area contributed by atoms with E-state index in [9.17, 15) is 13.2 Å². The number of benzene rings is 2. The van der Waals surface area contributed by atoms with Gasteiger partial charge >= 0.3 is 0 Å². The number of rotatable bonds is 11. The van der Waals surface area contributed by atoms with E-state index in [-0.39, 0.29) is 17.3 Å². The standard InChI is InChI=1S/C22H32N4O4S/c1-6-23-18-11-10-17(31(28,29)26(7-2)8-3)14-19(18)24-15-22(27)25-20-13-16(4)9-12-21(20)30-5/h9-14,23-24H,6-8,15H2,1-5H3,(H,25,27). The lowest BCUT2D eigenvalue weighted by Crippen LogP contribution is -2.30. The molecule has 3 N–H and O–H groups in total. The van der Waals surface area contributed by atoms with Crippen molar-refractivity contribution >= 4 is 33.0 Å². The highest BCUT2D eigenvalue weighted by molar-refractivity contribution is 7.89. The molecule has 9 heteroatoms. The molecule has 0 fully saturated rings. The summed E-state index contributed by atoms with van der Waals surface area (Å²) in [5.74, 6) is 0.294. The first-order valence-electron chi connectivity index (χ1n) is 10.3. The Morgan fingerprint density at radius 1 is 0.968 bits per heavy atom. The number of ether oxygens (including phenoxy) is 1. The monoisotopic (exact) mass is 448 g/mol. The number of sulfonamides is 1. The number of nitrogens with one attached hydrogen (secondary N) is 3. The molecule has 0 saturated heterocycles. The Hall–Kier alpha value is -2.78. The Morgan fingerprint density at radius 2 is 1.68 bits per heavy atom. The van der Waals surface area contributed by atoms with E-state index in [2.05, 4.69) is 16.0 Å². The first-order chi connectivity index (χ1) is 14.8. The van der Waals surface area contributed by atoms with Crippen molar-refractivity contribution in [3.63, 3.8) is 0 Å². The number of aryl methyl sites for hydroxylation is 1. The minimum Gasteiger partial charge on any atom is -0.495 e. The SMILES string of the molecule is CCNc1ccc(S(=O)(=O)N(CC)CC)cc1NCC(=O)Nc1cc(C)ccc1OC. The molecule has 2 rings (SSSR count). The number of carbonyl (C=O) groups is 1. The van der Waals surface area contributed by atoms with Gasteiger partial charge in [-0.3, -0.25) is 4.79 Å². The van der Waals surface area contributed by atoms with Crippen LogP contribution in [-0.4, -0.2) is 51.9 Å². The number of anilines is 3. The van der Waals surface area contributed by atoms with Crippen LogP contribution in [0.1, 0.15) is 26.3 Å². The smallest absolute Gasteiger partial charge is 0.243 e. The van der Waals surface area contributed by atoms with Gasteiger partial charge in [-0.25, -0.2) is 8.42 Å². The van der Waals surface area contributed by atoms with Crippen LogP contribution in [0.25, 0.3) is 0 Å². The molecule has 0 aliphatic rings. The zero-order chi connectivity index (χ0) is 23.0. The average molecular weight is 449 g/mol. The molecule has 0 radical (unpaired) electrons.